The zero-order valence-corrected chi connectivity index (χ0v) is 13.2. The molecule has 1 saturated carbocycles. The Morgan fingerprint density at radius 1 is 1.33 bits per heavy atom. The molecule has 0 aromatic heterocycles. The van der Waals surface area contributed by atoms with Gasteiger partial charge in [0.25, 0.3) is 5.91 Å². The van der Waals surface area contributed by atoms with Gasteiger partial charge in [-0.25, -0.2) is 8.42 Å². The molecule has 1 aromatic carbocycles. The number of nitrogen functional groups attached to an aromatic ring is 1. The van der Waals surface area contributed by atoms with Gasteiger partial charge in [-0.3, -0.25) is 4.79 Å². The van der Waals surface area contributed by atoms with Crippen LogP contribution in [-0.2, 0) is 9.84 Å². The average molecular weight is 310 g/mol. The molecule has 3 N–H and O–H groups in total. The number of amides is 1. The molecular weight excluding hydrogens is 288 g/mol. The lowest BCUT2D eigenvalue weighted by Crippen LogP contribution is -2.30. The van der Waals surface area contributed by atoms with Crippen molar-refractivity contribution in [3.63, 3.8) is 0 Å². The van der Waals surface area contributed by atoms with Crippen LogP contribution in [0.2, 0.25) is 0 Å². The number of hydrogen-bond donors (Lipinski definition) is 2. The van der Waals surface area contributed by atoms with E-state index in [-0.39, 0.29) is 16.5 Å². The van der Waals surface area contributed by atoms with E-state index in [1.54, 1.807) is 0 Å². The van der Waals surface area contributed by atoms with Crippen LogP contribution in [0.3, 0.4) is 0 Å². The fourth-order valence-corrected chi connectivity index (χ4v) is 3.51. The zero-order chi connectivity index (χ0) is 15.6. The van der Waals surface area contributed by atoms with Crippen molar-refractivity contribution < 1.29 is 13.2 Å². The largest absolute Gasteiger partial charge is 0.399 e. The third-order valence-electron chi connectivity index (χ3n) is 4.18. The maximum atomic E-state index is 12.2. The average Bonchev–Trinajstić information content (AvgIpc) is 2.79. The molecule has 2 rings (SSSR count). The lowest BCUT2D eigenvalue weighted by atomic mass is 9.98. The van der Waals surface area contributed by atoms with E-state index in [1.165, 1.54) is 31.0 Å². The third kappa shape index (κ3) is 3.97. The van der Waals surface area contributed by atoms with Crippen LogP contribution in [0.25, 0.3) is 0 Å². The Hall–Kier alpha value is -1.56. The molecule has 0 radical (unpaired) electrons. The zero-order valence-electron chi connectivity index (χ0n) is 12.4. The van der Waals surface area contributed by atoms with Crippen molar-refractivity contribution in [2.75, 3.05) is 18.5 Å². The summed E-state index contributed by atoms with van der Waals surface area (Å²) in [5.41, 5.74) is 6.26. The van der Waals surface area contributed by atoms with Gasteiger partial charge < -0.3 is 11.1 Å². The molecule has 1 aliphatic rings. The highest BCUT2D eigenvalue weighted by Crippen LogP contribution is 2.30. The Balaban J connectivity index is 2.10. The first kappa shape index (κ1) is 15.8. The smallest absolute Gasteiger partial charge is 0.251 e. The molecule has 1 aromatic rings. The van der Waals surface area contributed by atoms with E-state index in [0.717, 1.165) is 12.7 Å². The first-order valence-electron chi connectivity index (χ1n) is 7.16. The van der Waals surface area contributed by atoms with Crippen molar-refractivity contribution in [3.8, 4) is 0 Å². The van der Waals surface area contributed by atoms with Crippen LogP contribution in [-0.4, -0.2) is 27.1 Å². The summed E-state index contributed by atoms with van der Waals surface area (Å²) in [5.74, 6) is 0.855. The predicted octanol–water partition coefficient (Wildman–Crippen LogP) is 1.84. The molecule has 2 atom stereocenters. The fourth-order valence-electron chi connectivity index (χ4n) is 2.82. The van der Waals surface area contributed by atoms with Crippen molar-refractivity contribution >= 4 is 21.4 Å². The normalized spacial score (nSPS) is 22.2. The van der Waals surface area contributed by atoms with Gasteiger partial charge in [-0.15, -0.1) is 0 Å². The fraction of sp³-hybridized carbons (Fsp3) is 0.533. The van der Waals surface area contributed by atoms with Gasteiger partial charge in [-0.2, -0.15) is 0 Å². The lowest BCUT2D eigenvalue weighted by Gasteiger charge is -2.16. The Morgan fingerprint density at radius 3 is 2.62 bits per heavy atom. The summed E-state index contributed by atoms with van der Waals surface area (Å²) in [5, 5.41) is 2.89. The number of anilines is 1. The van der Waals surface area contributed by atoms with Crippen LogP contribution in [0.15, 0.2) is 23.1 Å². The predicted molar refractivity (Wildman–Crippen MR) is 82.8 cm³/mol. The number of nitrogens with one attached hydrogen (secondary N) is 1. The van der Waals surface area contributed by atoms with Crippen LogP contribution < -0.4 is 11.1 Å². The molecule has 0 aliphatic heterocycles. The van der Waals surface area contributed by atoms with Crippen molar-refractivity contribution in [2.45, 2.75) is 31.1 Å². The quantitative estimate of drug-likeness (QED) is 0.830. The van der Waals surface area contributed by atoms with Gasteiger partial charge >= 0.3 is 0 Å². The van der Waals surface area contributed by atoms with Crippen molar-refractivity contribution in [2.24, 2.45) is 11.8 Å². The summed E-state index contributed by atoms with van der Waals surface area (Å²) >= 11 is 0. The topological polar surface area (TPSA) is 89.3 Å². The van der Waals surface area contributed by atoms with E-state index in [9.17, 15) is 13.2 Å². The maximum absolute atomic E-state index is 12.2. The molecule has 5 nitrogen and oxygen atoms in total. The Kier molecular flexibility index (Phi) is 4.56. The number of hydrogen-bond acceptors (Lipinski definition) is 4. The summed E-state index contributed by atoms with van der Waals surface area (Å²) in [7, 11) is -3.38. The molecule has 116 valence electrons. The van der Waals surface area contributed by atoms with E-state index in [2.05, 4.69) is 12.2 Å². The number of benzene rings is 1. The molecule has 0 saturated heterocycles. The summed E-state index contributed by atoms with van der Waals surface area (Å²) in [4.78, 5) is 12.2. The highest BCUT2D eigenvalue weighted by molar-refractivity contribution is 7.90. The van der Waals surface area contributed by atoms with E-state index in [0.29, 0.717) is 23.9 Å². The van der Waals surface area contributed by atoms with Gasteiger partial charge in [0.05, 0.1) is 4.90 Å². The van der Waals surface area contributed by atoms with E-state index in [1.807, 2.05) is 0 Å². The monoisotopic (exact) mass is 310 g/mol. The SMILES string of the molecule is CC1CCCC1CNC(=O)c1cc(N)cc(S(C)(=O)=O)c1. The summed E-state index contributed by atoms with van der Waals surface area (Å²) in [6.07, 6.45) is 4.64. The lowest BCUT2D eigenvalue weighted by molar-refractivity contribution is 0.0944. The second-order valence-electron chi connectivity index (χ2n) is 5.94. The maximum Gasteiger partial charge on any atom is 0.251 e. The first-order valence-corrected chi connectivity index (χ1v) is 9.05. The van der Waals surface area contributed by atoms with Crippen molar-refractivity contribution in [3.05, 3.63) is 23.8 Å². The molecule has 2 unspecified atom stereocenters. The summed E-state index contributed by atoms with van der Waals surface area (Å²) in [6.45, 7) is 2.83. The number of sulfone groups is 1. The van der Waals surface area contributed by atoms with Crippen LogP contribution in [0.4, 0.5) is 5.69 Å². The molecule has 0 bridgehead atoms. The second kappa shape index (κ2) is 6.05. The number of rotatable bonds is 4. The minimum absolute atomic E-state index is 0.0712. The second-order valence-corrected chi connectivity index (χ2v) is 7.96. The van der Waals surface area contributed by atoms with E-state index in [4.69, 9.17) is 5.73 Å². The highest BCUT2D eigenvalue weighted by Gasteiger charge is 2.24. The highest BCUT2D eigenvalue weighted by atomic mass is 32.2. The molecule has 1 amide bonds. The molecular formula is C15H22N2O3S. The van der Waals surface area contributed by atoms with Crippen LogP contribution in [0.1, 0.15) is 36.5 Å². The third-order valence-corrected chi connectivity index (χ3v) is 5.28. The summed E-state index contributed by atoms with van der Waals surface area (Å²) in [6, 6.07) is 4.24. The van der Waals surface area contributed by atoms with Gasteiger partial charge in [-0.1, -0.05) is 19.8 Å². The van der Waals surface area contributed by atoms with E-state index < -0.39 is 9.84 Å². The van der Waals surface area contributed by atoms with Gasteiger partial charge in [0.1, 0.15) is 0 Å². The molecule has 0 spiro atoms. The molecule has 21 heavy (non-hydrogen) atoms. The molecule has 6 heteroatoms. The Morgan fingerprint density at radius 2 is 2.05 bits per heavy atom. The van der Waals surface area contributed by atoms with E-state index >= 15 is 0 Å². The van der Waals surface area contributed by atoms with Crippen molar-refractivity contribution in [1.82, 2.24) is 5.32 Å². The van der Waals surface area contributed by atoms with Crippen LogP contribution in [0, 0.1) is 11.8 Å². The molecule has 1 fully saturated rings. The minimum atomic E-state index is -3.38. The van der Waals surface area contributed by atoms with Gasteiger partial charge in [0.15, 0.2) is 9.84 Å². The first-order chi connectivity index (χ1) is 9.77. The number of nitrogens with two attached hydrogens (primary N) is 1. The van der Waals surface area contributed by atoms with Crippen LogP contribution >= 0.6 is 0 Å². The summed E-state index contributed by atoms with van der Waals surface area (Å²) < 4.78 is 23.2. The Labute approximate surface area is 125 Å². The molecule has 0 heterocycles. The Bertz CT molecular complexity index is 640. The number of carbonyl (C=O) groups excluding carboxylic acids is 1. The molecule has 1 aliphatic carbocycles. The standard InChI is InChI=1S/C15H22N2O3S/c1-10-4-3-5-11(10)9-17-15(18)12-6-13(16)8-14(7-12)21(2,19)20/h6-8,10-11H,3-5,9,16H2,1-2H3,(H,17,18). The van der Waals surface area contributed by atoms with Crippen molar-refractivity contribution in [1.29, 1.82) is 0 Å². The van der Waals surface area contributed by atoms with Crippen LogP contribution in [0.5, 0.6) is 0 Å². The van der Waals surface area contributed by atoms with Gasteiger partial charge in [-0.05, 0) is 36.5 Å². The van der Waals surface area contributed by atoms with Gasteiger partial charge in [0, 0.05) is 24.1 Å². The number of carbonyl (C=O) groups is 1. The van der Waals surface area contributed by atoms with Gasteiger partial charge in [0.2, 0.25) is 0 Å². The minimum Gasteiger partial charge on any atom is -0.399 e.